The monoisotopic (exact) mass is 157 g/mol. The lowest BCUT2D eigenvalue weighted by molar-refractivity contribution is 0.108. The highest BCUT2D eigenvalue weighted by molar-refractivity contribution is 4.66. The van der Waals surface area contributed by atoms with Crippen LogP contribution in [0, 0.1) is 5.92 Å². The minimum absolute atomic E-state index is 0.762. The Kier molecular flexibility index (Phi) is 4.55. The third-order valence-corrected chi connectivity index (χ3v) is 2.21. The fourth-order valence-corrected chi connectivity index (χ4v) is 1.52. The number of rotatable bonds is 3. The van der Waals surface area contributed by atoms with E-state index in [0.717, 1.165) is 25.7 Å². The largest absolute Gasteiger partial charge is 0.381 e. The highest BCUT2D eigenvalue weighted by Crippen LogP contribution is 2.10. The van der Waals surface area contributed by atoms with Crippen LogP contribution in [-0.4, -0.2) is 26.3 Å². The Morgan fingerprint density at radius 1 is 1.45 bits per heavy atom. The first-order valence-electron chi connectivity index (χ1n) is 4.72. The van der Waals surface area contributed by atoms with Crippen molar-refractivity contribution >= 4 is 0 Å². The molecule has 0 aromatic heterocycles. The van der Waals surface area contributed by atoms with Gasteiger partial charge in [-0.2, -0.15) is 0 Å². The van der Waals surface area contributed by atoms with Crippen LogP contribution in [0.15, 0.2) is 0 Å². The van der Waals surface area contributed by atoms with E-state index in [-0.39, 0.29) is 0 Å². The van der Waals surface area contributed by atoms with E-state index < -0.39 is 0 Å². The Labute approximate surface area is 69.3 Å². The molecule has 11 heavy (non-hydrogen) atoms. The van der Waals surface area contributed by atoms with Crippen molar-refractivity contribution in [2.75, 3.05) is 26.3 Å². The van der Waals surface area contributed by atoms with Crippen LogP contribution in [0.2, 0.25) is 0 Å². The third-order valence-electron chi connectivity index (χ3n) is 2.21. The lowest BCUT2D eigenvalue weighted by Crippen LogP contribution is -2.23. The maximum absolute atomic E-state index is 5.39. The minimum atomic E-state index is 0.762. The third kappa shape index (κ3) is 3.73. The Bertz CT molecular complexity index is 87.6. The Balaban J connectivity index is 2.09. The molecule has 1 aliphatic rings. The first-order valence-corrected chi connectivity index (χ1v) is 4.72. The number of ether oxygens (including phenoxy) is 1. The van der Waals surface area contributed by atoms with Crippen molar-refractivity contribution in [1.82, 2.24) is 5.32 Å². The summed E-state index contributed by atoms with van der Waals surface area (Å²) in [6, 6.07) is 0. The SMILES string of the molecule is CCOCC1CCCCNC1. The topological polar surface area (TPSA) is 21.3 Å². The van der Waals surface area contributed by atoms with Gasteiger partial charge in [0.25, 0.3) is 0 Å². The van der Waals surface area contributed by atoms with Crippen molar-refractivity contribution in [1.29, 1.82) is 0 Å². The standard InChI is InChI=1S/C9H19NO/c1-2-11-8-9-5-3-4-6-10-7-9/h9-10H,2-8H2,1H3. The van der Waals surface area contributed by atoms with Gasteiger partial charge in [-0.1, -0.05) is 6.42 Å². The molecule has 1 atom stereocenters. The van der Waals surface area contributed by atoms with Gasteiger partial charge in [-0.05, 0) is 32.2 Å². The van der Waals surface area contributed by atoms with Crippen LogP contribution in [0.25, 0.3) is 0 Å². The molecule has 2 heteroatoms. The van der Waals surface area contributed by atoms with Gasteiger partial charge >= 0.3 is 0 Å². The van der Waals surface area contributed by atoms with Gasteiger partial charge in [-0.3, -0.25) is 0 Å². The molecule has 0 aromatic carbocycles. The Morgan fingerprint density at radius 3 is 3.18 bits per heavy atom. The number of hydrogen-bond donors (Lipinski definition) is 1. The molecule has 1 fully saturated rings. The molecule has 1 N–H and O–H groups in total. The second kappa shape index (κ2) is 5.56. The van der Waals surface area contributed by atoms with Gasteiger partial charge < -0.3 is 10.1 Å². The van der Waals surface area contributed by atoms with E-state index in [1.165, 1.54) is 25.8 Å². The maximum atomic E-state index is 5.39. The number of nitrogens with one attached hydrogen (secondary N) is 1. The summed E-state index contributed by atoms with van der Waals surface area (Å²) >= 11 is 0. The molecule has 0 aromatic rings. The van der Waals surface area contributed by atoms with Gasteiger partial charge in [0.05, 0.1) is 6.61 Å². The van der Waals surface area contributed by atoms with Crippen molar-refractivity contribution in [3.63, 3.8) is 0 Å². The molecule has 0 radical (unpaired) electrons. The Hall–Kier alpha value is -0.0800. The van der Waals surface area contributed by atoms with Crippen molar-refractivity contribution in [2.45, 2.75) is 26.2 Å². The van der Waals surface area contributed by atoms with E-state index in [4.69, 9.17) is 4.74 Å². The van der Waals surface area contributed by atoms with Gasteiger partial charge in [0, 0.05) is 13.2 Å². The lowest BCUT2D eigenvalue weighted by Gasteiger charge is -2.12. The van der Waals surface area contributed by atoms with Gasteiger partial charge in [-0.15, -0.1) is 0 Å². The van der Waals surface area contributed by atoms with Crippen LogP contribution in [0.5, 0.6) is 0 Å². The second-order valence-corrected chi connectivity index (χ2v) is 3.23. The summed E-state index contributed by atoms with van der Waals surface area (Å²) < 4.78 is 5.39. The van der Waals surface area contributed by atoms with Gasteiger partial charge in [0.1, 0.15) is 0 Å². The summed E-state index contributed by atoms with van der Waals surface area (Å²) in [5.41, 5.74) is 0. The van der Waals surface area contributed by atoms with Crippen molar-refractivity contribution < 1.29 is 4.74 Å². The summed E-state index contributed by atoms with van der Waals surface area (Å²) in [4.78, 5) is 0. The summed E-state index contributed by atoms with van der Waals surface area (Å²) in [5.74, 6) is 0.762. The molecule has 0 aliphatic carbocycles. The molecule has 0 bridgehead atoms. The number of hydrogen-bond acceptors (Lipinski definition) is 2. The summed E-state index contributed by atoms with van der Waals surface area (Å²) in [7, 11) is 0. The molecule has 1 saturated heterocycles. The quantitative estimate of drug-likeness (QED) is 0.669. The van der Waals surface area contributed by atoms with Crippen molar-refractivity contribution in [3.05, 3.63) is 0 Å². The van der Waals surface area contributed by atoms with E-state index >= 15 is 0 Å². The van der Waals surface area contributed by atoms with E-state index in [1.54, 1.807) is 0 Å². The molecule has 1 heterocycles. The highest BCUT2D eigenvalue weighted by Gasteiger charge is 2.10. The average molecular weight is 157 g/mol. The first-order chi connectivity index (χ1) is 5.43. The molecule has 0 spiro atoms. The van der Waals surface area contributed by atoms with Crippen LogP contribution in [0.1, 0.15) is 26.2 Å². The Morgan fingerprint density at radius 2 is 2.36 bits per heavy atom. The van der Waals surface area contributed by atoms with Crippen LogP contribution in [-0.2, 0) is 4.74 Å². The van der Waals surface area contributed by atoms with Crippen LogP contribution in [0.3, 0.4) is 0 Å². The van der Waals surface area contributed by atoms with E-state index in [9.17, 15) is 0 Å². The zero-order valence-electron chi connectivity index (χ0n) is 7.44. The molecule has 1 rings (SSSR count). The highest BCUT2D eigenvalue weighted by atomic mass is 16.5. The van der Waals surface area contributed by atoms with Crippen LogP contribution >= 0.6 is 0 Å². The first kappa shape index (κ1) is 9.01. The molecule has 0 amide bonds. The van der Waals surface area contributed by atoms with Crippen molar-refractivity contribution in [3.8, 4) is 0 Å². The average Bonchev–Trinajstić information content (AvgIpc) is 2.28. The molecule has 66 valence electrons. The fourth-order valence-electron chi connectivity index (χ4n) is 1.52. The van der Waals surface area contributed by atoms with Crippen molar-refractivity contribution in [2.24, 2.45) is 5.92 Å². The molecular formula is C9H19NO. The molecule has 1 unspecified atom stereocenters. The van der Waals surface area contributed by atoms with Gasteiger partial charge in [0.15, 0.2) is 0 Å². The van der Waals surface area contributed by atoms with Crippen LogP contribution in [0.4, 0.5) is 0 Å². The minimum Gasteiger partial charge on any atom is -0.381 e. The predicted octanol–water partition coefficient (Wildman–Crippen LogP) is 1.41. The normalized spacial score (nSPS) is 26.5. The smallest absolute Gasteiger partial charge is 0.0506 e. The lowest BCUT2D eigenvalue weighted by atomic mass is 10.1. The van der Waals surface area contributed by atoms with Gasteiger partial charge in [-0.25, -0.2) is 0 Å². The van der Waals surface area contributed by atoms with Gasteiger partial charge in [0.2, 0.25) is 0 Å². The molecule has 2 nitrogen and oxygen atoms in total. The van der Waals surface area contributed by atoms with E-state index in [0.29, 0.717) is 0 Å². The second-order valence-electron chi connectivity index (χ2n) is 3.23. The maximum Gasteiger partial charge on any atom is 0.0506 e. The van der Waals surface area contributed by atoms with Crippen LogP contribution < -0.4 is 5.32 Å². The summed E-state index contributed by atoms with van der Waals surface area (Å²) in [6.45, 7) is 6.22. The summed E-state index contributed by atoms with van der Waals surface area (Å²) in [6.07, 6.45) is 4.04. The van der Waals surface area contributed by atoms with E-state index in [1.807, 2.05) is 0 Å². The zero-order chi connectivity index (χ0) is 7.94. The molecule has 1 aliphatic heterocycles. The van der Waals surface area contributed by atoms with E-state index in [2.05, 4.69) is 12.2 Å². The molecular weight excluding hydrogens is 138 g/mol. The molecule has 0 saturated carbocycles. The fraction of sp³-hybridized carbons (Fsp3) is 1.00. The summed E-state index contributed by atoms with van der Waals surface area (Å²) in [5, 5.41) is 3.43. The predicted molar refractivity (Wildman–Crippen MR) is 46.7 cm³/mol. The zero-order valence-corrected chi connectivity index (χ0v) is 7.44.